The van der Waals surface area contributed by atoms with Crippen molar-refractivity contribution >= 4 is 17.5 Å². The zero-order valence-corrected chi connectivity index (χ0v) is 13.6. The highest BCUT2D eigenvalue weighted by molar-refractivity contribution is 5.95. The largest absolute Gasteiger partial charge is 0.480 e. The Morgan fingerprint density at radius 2 is 1.81 bits per heavy atom. The molecule has 0 fully saturated rings. The second-order valence-corrected chi connectivity index (χ2v) is 4.99. The van der Waals surface area contributed by atoms with Crippen molar-refractivity contribution in [3.8, 4) is 17.6 Å². The topological polar surface area (TPSA) is 125 Å². The van der Waals surface area contributed by atoms with Crippen LogP contribution < -0.4 is 15.8 Å². The van der Waals surface area contributed by atoms with Gasteiger partial charge in [-0.3, -0.25) is 19.7 Å². The predicted octanol–water partition coefficient (Wildman–Crippen LogP) is 1.51. The van der Waals surface area contributed by atoms with Crippen LogP contribution in [0.3, 0.4) is 0 Å². The minimum absolute atomic E-state index is 0.0255. The molecule has 0 atom stereocenters. The number of carbonyl (C=O) groups is 2. The van der Waals surface area contributed by atoms with Gasteiger partial charge in [0.1, 0.15) is 12.4 Å². The summed E-state index contributed by atoms with van der Waals surface area (Å²) in [7, 11) is 0. The fraction of sp³-hybridized carbons (Fsp3) is 0.111. The SMILES string of the molecule is NC(=O)c1ccccc1OCC#CCNC(=O)c1ccc([N+](=O)[O-])cc1. The number of carbonyl (C=O) groups excluding carboxylic acids is 2. The average molecular weight is 353 g/mol. The number of hydrogen-bond acceptors (Lipinski definition) is 5. The first-order valence-electron chi connectivity index (χ1n) is 7.49. The molecule has 8 nitrogen and oxygen atoms in total. The van der Waals surface area contributed by atoms with Gasteiger partial charge in [0.15, 0.2) is 0 Å². The van der Waals surface area contributed by atoms with Crippen LogP contribution in [0.2, 0.25) is 0 Å². The molecule has 0 aliphatic carbocycles. The molecule has 0 radical (unpaired) electrons. The van der Waals surface area contributed by atoms with Gasteiger partial charge in [-0.15, -0.1) is 0 Å². The van der Waals surface area contributed by atoms with Crippen LogP contribution in [-0.4, -0.2) is 29.9 Å². The van der Waals surface area contributed by atoms with Gasteiger partial charge < -0.3 is 15.8 Å². The van der Waals surface area contributed by atoms with Gasteiger partial charge in [-0.25, -0.2) is 0 Å². The minimum Gasteiger partial charge on any atom is -0.480 e. The molecular formula is C18H15N3O5. The van der Waals surface area contributed by atoms with Crippen LogP contribution in [0.1, 0.15) is 20.7 Å². The van der Waals surface area contributed by atoms with Gasteiger partial charge in [-0.1, -0.05) is 24.0 Å². The molecule has 0 aromatic heterocycles. The Morgan fingerprint density at radius 1 is 1.12 bits per heavy atom. The Labute approximate surface area is 149 Å². The number of rotatable bonds is 6. The number of nitro benzene ring substituents is 1. The standard InChI is InChI=1S/C18H15N3O5/c19-17(22)15-5-1-2-6-16(15)26-12-4-3-11-20-18(23)13-7-9-14(10-8-13)21(24)25/h1-2,5-10H,11-12H2,(H2,19,22)(H,20,23). The van der Waals surface area contributed by atoms with E-state index in [2.05, 4.69) is 17.2 Å². The summed E-state index contributed by atoms with van der Waals surface area (Å²) in [5.41, 5.74) is 5.71. The lowest BCUT2D eigenvalue weighted by molar-refractivity contribution is -0.384. The molecule has 0 aliphatic heterocycles. The summed E-state index contributed by atoms with van der Waals surface area (Å²) in [5.74, 6) is 4.76. The second kappa shape index (κ2) is 8.84. The summed E-state index contributed by atoms with van der Waals surface area (Å²) in [6.45, 7) is 0.105. The molecule has 0 unspecified atom stereocenters. The smallest absolute Gasteiger partial charge is 0.269 e. The molecule has 0 saturated heterocycles. The average Bonchev–Trinajstić information content (AvgIpc) is 2.64. The summed E-state index contributed by atoms with van der Waals surface area (Å²) in [4.78, 5) is 33.1. The fourth-order valence-electron chi connectivity index (χ4n) is 1.98. The first-order chi connectivity index (χ1) is 12.5. The number of nitrogens with two attached hydrogens (primary N) is 1. The van der Waals surface area contributed by atoms with E-state index in [0.29, 0.717) is 11.3 Å². The van der Waals surface area contributed by atoms with Crippen LogP contribution in [0.25, 0.3) is 0 Å². The summed E-state index contributed by atoms with van der Waals surface area (Å²) in [5, 5.41) is 13.1. The molecular weight excluding hydrogens is 338 g/mol. The molecule has 0 aliphatic rings. The highest BCUT2D eigenvalue weighted by atomic mass is 16.6. The van der Waals surface area contributed by atoms with E-state index in [1.54, 1.807) is 24.3 Å². The Bertz CT molecular complexity index is 882. The number of benzene rings is 2. The number of amides is 2. The molecule has 8 heteroatoms. The predicted molar refractivity (Wildman–Crippen MR) is 93.7 cm³/mol. The van der Waals surface area contributed by atoms with Crippen LogP contribution in [0.15, 0.2) is 48.5 Å². The maximum Gasteiger partial charge on any atom is 0.269 e. The first-order valence-corrected chi connectivity index (χ1v) is 7.49. The highest BCUT2D eigenvalue weighted by Gasteiger charge is 2.09. The van der Waals surface area contributed by atoms with Crippen molar-refractivity contribution < 1.29 is 19.2 Å². The van der Waals surface area contributed by atoms with E-state index in [1.165, 1.54) is 24.3 Å². The zero-order valence-electron chi connectivity index (χ0n) is 13.6. The summed E-state index contributed by atoms with van der Waals surface area (Å²) >= 11 is 0. The van der Waals surface area contributed by atoms with Gasteiger partial charge in [0.2, 0.25) is 0 Å². The lowest BCUT2D eigenvalue weighted by Gasteiger charge is -2.05. The minimum atomic E-state index is -0.594. The summed E-state index contributed by atoms with van der Waals surface area (Å²) < 4.78 is 5.37. The molecule has 2 aromatic carbocycles. The van der Waals surface area contributed by atoms with Gasteiger partial charge >= 0.3 is 0 Å². The number of para-hydroxylation sites is 1. The summed E-state index contributed by atoms with van der Waals surface area (Å²) in [6.07, 6.45) is 0. The van der Waals surface area contributed by atoms with Gasteiger partial charge in [0, 0.05) is 17.7 Å². The van der Waals surface area contributed by atoms with Crippen LogP contribution in [0.5, 0.6) is 5.75 Å². The summed E-state index contributed by atoms with van der Waals surface area (Å²) in [6, 6.07) is 11.8. The lowest BCUT2D eigenvalue weighted by Crippen LogP contribution is -2.23. The second-order valence-electron chi connectivity index (χ2n) is 4.99. The number of nitro groups is 1. The zero-order chi connectivity index (χ0) is 18.9. The number of non-ortho nitro benzene ring substituents is 1. The van der Waals surface area contributed by atoms with Crippen LogP contribution >= 0.6 is 0 Å². The van der Waals surface area contributed by atoms with E-state index in [1.807, 2.05) is 0 Å². The van der Waals surface area contributed by atoms with E-state index in [-0.39, 0.29) is 24.4 Å². The van der Waals surface area contributed by atoms with Gasteiger partial charge in [-0.05, 0) is 24.3 Å². The molecule has 26 heavy (non-hydrogen) atoms. The Kier molecular flexibility index (Phi) is 6.28. The van der Waals surface area contributed by atoms with E-state index >= 15 is 0 Å². The molecule has 0 bridgehead atoms. The quantitative estimate of drug-likeness (QED) is 0.463. The molecule has 0 heterocycles. The molecule has 2 amide bonds. The molecule has 132 valence electrons. The van der Waals surface area contributed by atoms with Gasteiger partial charge in [-0.2, -0.15) is 0 Å². The van der Waals surface area contributed by atoms with Crippen molar-refractivity contribution in [2.45, 2.75) is 0 Å². The Balaban J connectivity index is 1.81. The van der Waals surface area contributed by atoms with Crippen molar-refractivity contribution in [2.75, 3.05) is 13.2 Å². The third-order valence-electron chi connectivity index (χ3n) is 3.26. The highest BCUT2D eigenvalue weighted by Crippen LogP contribution is 2.16. The first kappa shape index (κ1) is 18.5. The fourth-order valence-corrected chi connectivity index (χ4v) is 1.98. The van der Waals surface area contributed by atoms with E-state index < -0.39 is 16.7 Å². The van der Waals surface area contributed by atoms with Crippen molar-refractivity contribution in [2.24, 2.45) is 5.73 Å². The van der Waals surface area contributed by atoms with Crippen LogP contribution in [-0.2, 0) is 0 Å². The third-order valence-corrected chi connectivity index (χ3v) is 3.26. The monoisotopic (exact) mass is 353 g/mol. The molecule has 0 spiro atoms. The number of primary amides is 1. The molecule has 0 saturated carbocycles. The Morgan fingerprint density at radius 3 is 2.46 bits per heavy atom. The maximum absolute atomic E-state index is 11.9. The molecule has 3 N–H and O–H groups in total. The number of nitrogens with one attached hydrogen (secondary N) is 1. The van der Waals surface area contributed by atoms with Crippen molar-refractivity contribution in [3.63, 3.8) is 0 Å². The van der Waals surface area contributed by atoms with Gasteiger partial charge in [0.25, 0.3) is 17.5 Å². The number of ether oxygens (including phenoxy) is 1. The van der Waals surface area contributed by atoms with Crippen LogP contribution in [0.4, 0.5) is 5.69 Å². The lowest BCUT2D eigenvalue weighted by atomic mass is 10.2. The third kappa shape index (κ3) is 5.07. The van der Waals surface area contributed by atoms with E-state index in [4.69, 9.17) is 10.5 Å². The molecule has 2 aromatic rings. The number of nitrogens with zero attached hydrogens (tertiary/aromatic N) is 1. The van der Waals surface area contributed by atoms with Crippen molar-refractivity contribution in [1.82, 2.24) is 5.32 Å². The molecule has 2 rings (SSSR count). The normalized spacial score (nSPS) is 9.54. The number of hydrogen-bond donors (Lipinski definition) is 2. The van der Waals surface area contributed by atoms with E-state index in [0.717, 1.165) is 0 Å². The van der Waals surface area contributed by atoms with E-state index in [9.17, 15) is 19.7 Å². The van der Waals surface area contributed by atoms with Gasteiger partial charge in [0.05, 0.1) is 17.0 Å². The van der Waals surface area contributed by atoms with Crippen LogP contribution in [0, 0.1) is 22.0 Å². The maximum atomic E-state index is 11.9. The Hall–Kier alpha value is -3.86. The van der Waals surface area contributed by atoms with Crippen molar-refractivity contribution in [3.05, 3.63) is 69.8 Å². The van der Waals surface area contributed by atoms with Crippen molar-refractivity contribution in [1.29, 1.82) is 0 Å².